The fourth-order valence-corrected chi connectivity index (χ4v) is 4.57. The summed E-state index contributed by atoms with van der Waals surface area (Å²) in [6, 6.07) is 8.96. The number of aryl methyl sites for hydroxylation is 2. The van der Waals surface area contributed by atoms with E-state index in [9.17, 15) is 14.0 Å². The van der Waals surface area contributed by atoms with E-state index < -0.39 is 5.97 Å². The molecule has 1 aromatic carbocycles. The number of carbonyl (C=O) groups is 1. The predicted molar refractivity (Wildman–Crippen MR) is 113 cm³/mol. The summed E-state index contributed by atoms with van der Waals surface area (Å²) in [6.07, 6.45) is 1.39. The van der Waals surface area contributed by atoms with E-state index in [-0.39, 0.29) is 23.7 Å². The van der Waals surface area contributed by atoms with Crippen LogP contribution >= 0.6 is 11.3 Å². The lowest BCUT2D eigenvalue weighted by molar-refractivity contribution is 0.0660. The minimum absolute atomic E-state index is 0.0855. The number of thiophene rings is 1. The zero-order chi connectivity index (χ0) is 21.4. The summed E-state index contributed by atoms with van der Waals surface area (Å²) in [5.74, 6) is -0.701. The number of aromatic carboxylic acids is 1. The van der Waals surface area contributed by atoms with Gasteiger partial charge in [-0.25, -0.2) is 14.2 Å². The minimum Gasteiger partial charge on any atom is -0.475 e. The standard InChI is InChI=1S/C22H19FN2O4S/c1-3-4-17-24-20-19(18(12(2)30-20)13-5-7-14(23)8-6-13)21(26)25(17)11-15-9-10-16(29-15)22(27)28/h5-10H,3-4,11H2,1-2H3,(H,27,28). The van der Waals surface area contributed by atoms with Crippen LogP contribution in [0.25, 0.3) is 21.3 Å². The molecule has 4 rings (SSSR count). The van der Waals surface area contributed by atoms with E-state index in [0.717, 1.165) is 22.4 Å². The Hall–Kier alpha value is -3.26. The van der Waals surface area contributed by atoms with Gasteiger partial charge in [0.15, 0.2) is 0 Å². The second-order valence-corrected chi connectivity index (χ2v) is 8.16. The number of aromatic nitrogens is 2. The third-order valence-electron chi connectivity index (χ3n) is 4.86. The van der Waals surface area contributed by atoms with Crippen molar-refractivity contribution in [3.8, 4) is 11.1 Å². The quantitative estimate of drug-likeness (QED) is 0.476. The van der Waals surface area contributed by atoms with Gasteiger partial charge in [0.25, 0.3) is 5.56 Å². The molecule has 0 aliphatic heterocycles. The molecule has 154 valence electrons. The Morgan fingerprint density at radius 2 is 1.97 bits per heavy atom. The van der Waals surface area contributed by atoms with Crippen molar-refractivity contribution in [3.63, 3.8) is 0 Å². The first-order valence-electron chi connectivity index (χ1n) is 9.49. The molecule has 0 fully saturated rings. The molecule has 0 saturated heterocycles. The number of rotatable bonds is 6. The van der Waals surface area contributed by atoms with Crippen molar-refractivity contribution in [2.75, 3.05) is 0 Å². The maximum absolute atomic E-state index is 13.5. The van der Waals surface area contributed by atoms with Crippen LogP contribution in [0.1, 0.15) is 40.4 Å². The van der Waals surface area contributed by atoms with Crippen molar-refractivity contribution < 1.29 is 18.7 Å². The Kier molecular flexibility index (Phi) is 5.26. The summed E-state index contributed by atoms with van der Waals surface area (Å²) >= 11 is 1.44. The Balaban J connectivity index is 1.91. The highest BCUT2D eigenvalue weighted by Crippen LogP contribution is 2.36. The zero-order valence-corrected chi connectivity index (χ0v) is 17.3. The molecular weight excluding hydrogens is 407 g/mol. The van der Waals surface area contributed by atoms with Gasteiger partial charge in [-0.2, -0.15) is 0 Å². The summed E-state index contributed by atoms with van der Waals surface area (Å²) in [5.41, 5.74) is 1.27. The van der Waals surface area contributed by atoms with Crippen LogP contribution in [0.15, 0.2) is 45.6 Å². The lowest BCUT2D eigenvalue weighted by atomic mass is 10.0. The lowest BCUT2D eigenvalue weighted by Crippen LogP contribution is -2.25. The van der Waals surface area contributed by atoms with Gasteiger partial charge >= 0.3 is 5.97 Å². The van der Waals surface area contributed by atoms with Crippen LogP contribution in [0.3, 0.4) is 0 Å². The van der Waals surface area contributed by atoms with E-state index in [0.29, 0.717) is 28.2 Å². The Bertz CT molecular complexity index is 1300. The van der Waals surface area contributed by atoms with E-state index >= 15 is 0 Å². The Morgan fingerprint density at radius 1 is 1.23 bits per heavy atom. The van der Waals surface area contributed by atoms with Crippen LogP contribution in [-0.4, -0.2) is 20.6 Å². The molecule has 0 saturated carbocycles. The molecule has 3 heterocycles. The molecule has 0 atom stereocenters. The number of benzene rings is 1. The fourth-order valence-electron chi connectivity index (χ4n) is 3.51. The second-order valence-electron chi connectivity index (χ2n) is 6.96. The van der Waals surface area contributed by atoms with E-state index in [1.165, 1.54) is 34.1 Å². The highest BCUT2D eigenvalue weighted by Gasteiger charge is 2.20. The van der Waals surface area contributed by atoms with E-state index in [4.69, 9.17) is 14.5 Å². The normalized spacial score (nSPS) is 11.3. The molecular formula is C22H19FN2O4S. The monoisotopic (exact) mass is 426 g/mol. The molecule has 0 radical (unpaired) electrons. The van der Waals surface area contributed by atoms with E-state index in [1.54, 1.807) is 18.2 Å². The molecule has 30 heavy (non-hydrogen) atoms. The Labute approximate surface area is 175 Å². The summed E-state index contributed by atoms with van der Waals surface area (Å²) in [4.78, 5) is 30.9. The predicted octanol–water partition coefficient (Wildman–Crippen LogP) is 4.86. The molecule has 8 heteroatoms. The third-order valence-corrected chi connectivity index (χ3v) is 5.86. The number of fused-ring (bicyclic) bond motifs is 1. The highest BCUT2D eigenvalue weighted by molar-refractivity contribution is 7.19. The largest absolute Gasteiger partial charge is 0.475 e. The summed E-state index contributed by atoms with van der Waals surface area (Å²) in [6.45, 7) is 4.00. The average molecular weight is 426 g/mol. The third kappa shape index (κ3) is 3.54. The van der Waals surface area contributed by atoms with Crippen LogP contribution in [0, 0.1) is 12.7 Å². The lowest BCUT2D eigenvalue weighted by Gasteiger charge is -2.11. The summed E-state index contributed by atoms with van der Waals surface area (Å²) in [5, 5.41) is 9.56. The fraction of sp³-hybridized carbons (Fsp3) is 0.227. The van der Waals surface area contributed by atoms with Gasteiger partial charge in [-0.15, -0.1) is 11.3 Å². The SMILES string of the molecule is CCCc1nc2sc(C)c(-c3ccc(F)cc3)c2c(=O)n1Cc1ccc(C(=O)O)o1. The topological polar surface area (TPSA) is 85.3 Å². The maximum Gasteiger partial charge on any atom is 0.371 e. The van der Waals surface area contributed by atoms with Gasteiger partial charge in [0.2, 0.25) is 5.76 Å². The van der Waals surface area contributed by atoms with Crippen molar-refractivity contribution in [1.29, 1.82) is 0 Å². The van der Waals surface area contributed by atoms with Crippen LogP contribution in [-0.2, 0) is 13.0 Å². The molecule has 0 spiro atoms. The molecule has 0 bridgehead atoms. The molecule has 0 unspecified atom stereocenters. The summed E-state index contributed by atoms with van der Waals surface area (Å²) in [7, 11) is 0. The van der Waals surface area contributed by atoms with Crippen molar-refractivity contribution in [2.45, 2.75) is 33.2 Å². The van der Waals surface area contributed by atoms with Gasteiger partial charge in [-0.1, -0.05) is 19.1 Å². The van der Waals surface area contributed by atoms with Crippen LogP contribution < -0.4 is 5.56 Å². The van der Waals surface area contributed by atoms with Gasteiger partial charge < -0.3 is 9.52 Å². The van der Waals surface area contributed by atoms with Gasteiger partial charge in [0.05, 0.1) is 11.9 Å². The molecule has 3 aromatic heterocycles. The smallest absolute Gasteiger partial charge is 0.371 e. The number of hydrogen-bond acceptors (Lipinski definition) is 5. The number of nitrogens with zero attached hydrogens (tertiary/aromatic N) is 2. The van der Waals surface area contributed by atoms with Crippen molar-refractivity contribution >= 4 is 27.5 Å². The molecule has 0 aliphatic rings. The van der Waals surface area contributed by atoms with Crippen LogP contribution in [0.5, 0.6) is 0 Å². The van der Waals surface area contributed by atoms with Gasteiger partial charge in [-0.05, 0) is 43.2 Å². The number of halogens is 1. The maximum atomic E-state index is 13.5. The minimum atomic E-state index is -1.16. The van der Waals surface area contributed by atoms with Crippen molar-refractivity contribution in [3.05, 3.63) is 74.8 Å². The summed E-state index contributed by atoms with van der Waals surface area (Å²) < 4.78 is 20.3. The zero-order valence-electron chi connectivity index (χ0n) is 16.4. The highest BCUT2D eigenvalue weighted by atomic mass is 32.1. The van der Waals surface area contributed by atoms with Crippen molar-refractivity contribution in [1.82, 2.24) is 9.55 Å². The first kappa shape index (κ1) is 20.0. The Morgan fingerprint density at radius 3 is 2.60 bits per heavy atom. The molecule has 0 aliphatic carbocycles. The molecule has 6 nitrogen and oxygen atoms in total. The van der Waals surface area contributed by atoms with E-state index in [2.05, 4.69) is 0 Å². The van der Waals surface area contributed by atoms with Crippen molar-refractivity contribution in [2.24, 2.45) is 0 Å². The number of carboxylic acids is 1. The van der Waals surface area contributed by atoms with E-state index in [1.807, 2.05) is 13.8 Å². The first-order chi connectivity index (χ1) is 14.4. The average Bonchev–Trinajstić information content (AvgIpc) is 3.30. The number of carboxylic acid groups (broad SMARTS) is 1. The van der Waals surface area contributed by atoms with Gasteiger partial charge in [-0.3, -0.25) is 9.36 Å². The number of hydrogen-bond donors (Lipinski definition) is 1. The van der Waals surface area contributed by atoms with Gasteiger partial charge in [0.1, 0.15) is 22.2 Å². The van der Waals surface area contributed by atoms with Gasteiger partial charge in [0, 0.05) is 16.9 Å². The molecule has 1 N–H and O–H groups in total. The van der Waals surface area contributed by atoms with Crippen LogP contribution in [0.2, 0.25) is 0 Å². The molecule has 0 amide bonds. The second kappa shape index (κ2) is 7.87. The first-order valence-corrected chi connectivity index (χ1v) is 10.3. The number of furan rings is 1. The molecule has 4 aromatic rings. The van der Waals surface area contributed by atoms with Crippen LogP contribution in [0.4, 0.5) is 4.39 Å².